The van der Waals surface area contributed by atoms with Gasteiger partial charge in [0.15, 0.2) is 5.69 Å². The second kappa shape index (κ2) is 7.57. The van der Waals surface area contributed by atoms with Crippen molar-refractivity contribution in [3.63, 3.8) is 0 Å². The molecular formula is C18H20F2N8O. The van der Waals surface area contributed by atoms with Crippen LogP contribution in [0.2, 0.25) is 0 Å². The maximum Gasteiger partial charge on any atom is 0.333 e. The van der Waals surface area contributed by atoms with Gasteiger partial charge in [-0.2, -0.15) is 19.0 Å². The Morgan fingerprint density at radius 3 is 2.90 bits per heavy atom. The zero-order valence-electron chi connectivity index (χ0n) is 16.0. The molecule has 11 heteroatoms. The lowest BCUT2D eigenvalue weighted by atomic mass is 10.2. The number of aromatic nitrogens is 6. The molecule has 3 aromatic heterocycles. The number of nitrogens with one attached hydrogen (secondary N) is 1. The Morgan fingerprint density at radius 2 is 2.21 bits per heavy atom. The number of hydrogen-bond donors (Lipinski definition) is 1. The van der Waals surface area contributed by atoms with Crippen LogP contribution in [-0.2, 0) is 7.05 Å². The van der Waals surface area contributed by atoms with Gasteiger partial charge < -0.3 is 10.2 Å². The van der Waals surface area contributed by atoms with Crippen LogP contribution >= 0.6 is 0 Å². The third-order valence-electron chi connectivity index (χ3n) is 4.79. The molecule has 1 aliphatic heterocycles. The highest BCUT2D eigenvalue weighted by molar-refractivity contribution is 5.92. The molecule has 0 bridgehead atoms. The minimum Gasteiger partial charge on any atom is -0.346 e. The molecule has 9 nitrogen and oxygen atoms in total. The second-order valence-corrected chi connectivity index (χ2v) is 6.94. The fourth-order valence-electron chi connectivity index (χ4n) is 3.33. The van der Waals surface area contributed by atoms with Gasteiger partial charge in [-0.15, -0.1) is 0 Å². The molecule has 1 unspecified atom stereocenters. The number of aryl methyl sites for hydroxylation is 2. The average Bonchev–Trinajstić information content (AvgIpc) is 3.42. The molecule has 1 N–H and O–H groups in total. The van der Waals surface area contributed by atoms with Crippen LogP contribution < -0.4 is 10.2 Å². The Balaban J connectivity index is 1.42. The van der Waals surface area contributed by atoms with Crippen molar-refractivity contribution in [1.82, 2.24) is 34.8 Å². The first-order valence-corrected chi connectivity index (χ1v) is 9.13. The maximum atomic E-state index is 12.8. The van der Waals surface area contributed by atoms with E-state index < -0.39 is 12.5 Å². The summed E-state index contributed by atoms with van der Waals surface area (Å²) in [4.78, 5) is 23.3. The van der Waals surface area contributed by atoms with Crippen LogP contribution in [0.25, 0.3) is 11.3 Å². The van der Waals surface area contributed by atoms with Crippen molar-refractivity contribution < 1.29 is 13.6 Å². The number of carbonyl (C=O) groups excluding carboxylic acids is 1. The second-order valence-electron chi connectivity index (χ2n) is 6.94. The minimum absolute atomic E-state index is 0.0175. The van der Waals surface area contributed by atoms with Gasteiger partial charge in [-0.25, -0.2) is 14.6 Å². The Morgan fingerprint density at radius 1 is 1.38 bits per heavy atom. The third-order valence-corrected chi connectivity index (χ3v) is 4.79. The van der Waals surface area contributed by atoms with Gasteiger partial charge in [-0.3, -0.25) is 9.48 Å². The van der Waals surface area contributed by atoms with Gasteiger partial charge in [0.05, 0.1) is 11.9 Å². The molecule has 0 aromatic carbocycles. The summed E-state index contributed by atoms with van der Waals surface area (Å²) < 4.78 is 27.9. The molecule has 0 saturated carbocycles. The number of halogens is 2. The summed E-state index contributed by atoms with van der Waals surface area (Å²) in [6.45, 7) is -0.0921. The first-order valence-electron chi connectivity index (χ1n) is 9.13. The number of alkyl halides is 2. The van der Waals surface area contributed by atoms with Crippen LogP contribution in [0.4, 0.5) is 14.7 Å². The predicted molar refractivity (Wildman–Crippen MR) is 101 cm³/mol. The first kappa shape index (κ1) is 19.0. The van der Waals surface area contributed by atoms with Crippen molar-refractivity contribution in [2.45, 2.75) is 25.9 Å². The van der Waals surface area contributed by atoms with Gasteiger partial charge in [0.25, 0.3) is 5.91 Å². The summed E-state index contributed by atoms with van der Waals surface area (Å²) in [6, 6.07) is 3.02. The van der Waals surface area contributed by atoms with Crippen molar-refractivity contribution in [2.75, 3.05) is 18.0 Å². The van der Waals surface area contributed by atoms with Gasteiger partial charge in [0.1, 0.15) is 0 Å². The van der Waals surface area contributed by atoms with Crippen molar-refractivity contribution >= 4 is 11.9 Å². The van der Waals surface area contributed by atoms with E-state index in [1.54, 1.807) is 17.1 Å². The SMILES string of the molecule is Cc1cc(C(=O)NC2CCN(c3nccc(-c4cnn(C)c4)n3)C2)nn1C(F)F. The molecule has 4 rings (SSSR count). The van der Waals surface area contributed by atoms with E-state index >= 15 is 0 Å². The minimum atomic E-state index is -2.78. The highest BCUT2D eigenvalue weighted by atomic mass is 19.3. The molecular weight excluding hydrogens is 382 g/mol. The van der Waals surface area contributed by atoms with Crippen LogP contribution in [0.1, 0.15) is 29.2 Å². The van der Waals surface area contributed by atoms with Gasteiger partial charge in [-0.05, 0) is 25.5 Å². The van der Waals surface area contributed by atoms with E-state index in [0.717, 1.165) is 11.3 Å². The van der Waals surface area contributed by atoms with Crippen molar-refractivity contribution in [3.8, 4) is 11.3 Å². The van der Waals surface area contributed by atoms with Crippen LogP contribution in [0.5, 0.6) is 0 Å². The lowest BCUT2D eigenvalue weighted by Gasteiger charge is -2.17. The number of carbonyl (C=O) groups is 1. The third kappa shape index (κ3) is 3.93. The Kier molecular flexibility index (Phi) is 4.95. The van der Waals surface area contributed by atoms with E-state index in [2.05, 4.69) is 25.5 Å². The summed E-state index contributed by atoms with van der Waals surface area (Å²) in [5.41, 5.74) is 1.88. The van der Waals surface area contributed by atoms with Crippen LogP contribution in [0, 0.1) is 6.92 Å². The van der Waals surface area contributed by atoms with E-state index in [-0.39, 0.29) is 17.4 Å². The summed E-state index contributed by atoms with van der Waals surface area (Å²) in [5, 5.41) is 10.7. The summed E-state index contributed by atoms with van der Waals surface area (Å²) >= 11 is 0. The topological polar surface area (TPSA) is 93.8 Å². The number of rotatable bonds is 5. The monoisotopic (exact) mass is 402 g/mol. The number of anilines is 1. The van der Waals surface area contributed by atoms with E-state index in [0.29, 0.717) is 30.1 Å². The van der Waals surface area contributed by atoms with E-state index in [9.17, 15) is 13.6 Å². The fraction of sp³-hybridized carbons (Fsp3) is 0.389. The first-order chi connectivity index (χ1) is 13.9. The summed E-state index contributed by atoms with van der Waals surface area (Å²) in [7, 11) is 1.84. The average molecular weight is 402 g/mol. The molecule has 1 amide bonds. The Hall–Kier alpha value is -3.37. The molecule has 3 aromatic rings. The molecule has 1 saturated heterocycles. The fourth-order valence-corrected chi connectivity index (χ4v) is 3.33. The number of hydrogen-bond acceptors (Lipinski definition) is 6. The van der Waals surface area contributed by atoms with Crippen LogP contribution in [0.15, 0.2) is 30.7 Å². The Bertz CT molecular complexity index is 1030. The molecule has 152 valence electrons. The molecule has 1 atom stereocenters. The van der Waals surface area contributed by atoms with E-state index in [1.807, 2.05) is 24.2 Å². The molecule has 0 radical (unpaired) electrons. The van der Waals surface area contributed by atoms with Gasteiger partial charge in [0.2, 0.25) is 5.95 Å². The standard InChI is InChI=1S/C18H20F2N8O/c1-11-7-15(25-28(11)17(19)20)16(29)23-13-4-6-27(10-13)18-21-5-3-14(24-18)12-8-22-26(2)9-12/h3,5,7-9,13,17H,4,6,10H2,1-2H3,(H,23,29). The lowest BCUT2D eigenvalue weighted by molar-refractivity contribution is 0.0538. The van der Waals surface area contributed by atoms with E-state index in [4.69, 9.17) is 0 Å². The highest BCUT2D eigenvalue weighted by Crippen LogP contribution is 2.21. The normalized spacial score (nSPS) is 16.6. The van der Waals surface area contributed by atoms with Crippen molar-refractivity contribution in [1.29, 1.82) is 0 Å². The van der Waals surface area contributed by atoms with Crippen LogP contribution in [0.3, 0.4) is 0 Å². The van der Waals surface area contributed by atoms with Crippen molar-refractivity contribution in [2.24, 2.45) is 7.05 Å². The molecule has 1 aliphatic rings. The molecule has 4 heterocycles. The van der Waals surface area contributed by atoms with Gasteiger partial charge >= 0.3 is 6.55 Å². The van der Waals surface area contributed by atoms with Gasteiger partial charge in [0, 0.05) is 49.8 Å². The largest absolute Gasteiger partial charge is 0.346 e. The van der Waals surface area contributed by atoms with Crippen molar-refractivity contribution in [3.05, 3.63) is 42.1 Å². The molecule has 29 heavy (non-hydrogen) atoms. The number of nitrogens with zero attached hydrogens (tertiary/aromatic N) is 7. The zero-order chi connectivity index (χ0) is 20.5. The maximum absolute atomic E-state index is 12.8. The summed E-state index contributed by atoms with van der Waals surface area (Å²) in [5.74, 6) is 0.102. The smallest absolute Gasteiger partial charge is 0.333 e. The quantitative estimate of drug-likeness (QED) is 0.699. The van der Waals surface area contributed by atoms with E-state index in [1.165, 1.54) is 13.0 Å². The predicted octanol–water partition coefficient (Wildman–Crippen LogP) is 1.79. The molecule has 0 aliphatic carbocycles. The van der Waals surface area contributed by atoms with Crippen LogP contribution in [-0.4, -0.2) is 54.6 Å². The lowest BCUT2D eigenvalue weighted by Crippen LogP contribution is -2.37. The number of amides is 1. The molecule has 0 spiro atoms. The van der Waals surface area contributed by atoms with Gasteiger partial charge in [-0.1, -0.05) is 0 Å². The molecule has 1 fully saturated rings. The zero-order valence-corrected chi connectivity index (χ0v) is 16.0. The summed E-state index contributed by atoms with van der Waals surface area (Å²) in [6.07, 6.45) is 6.00. The highest BCUT2D eigenvalue weighted by Gasteiger charge is 2.27. The Labute approximate surface area is 165 Å².